The fraction of sp³-hybridized carbons (Fsp3) is 0.138. The van der Waals surface area contributed by atoms with Crippen molar-refractivity contribution in [1.29, 1.82) is 0 Å². The highest BCUT2D eigenvalue weighted by Gasteiger charge is 2.51. The molecule has 12 rings (SSSR count). The van der Waals surface area contributed by atoms with E-state index in [1.807, 2.05) is 0 Å². The molecule has 0 saturated heterocycles. The van der Waals surface area contributed by atoms with Gasteiger partial charge in [0.1, 0.15) is 0 Å². The van der Waals surface area contributed by atoms with Gasteiger partial charge in [0.15, 0.2) is 0 Å². The minimum absolute atomic E-state index is 0.0259. The van der Waals surface area contributed by atoms with Crippen LogP contribution in [0.25, 0.3) is 67.3 Å². The molecule has 292 valence electrons. The Morgan fingerprint density at radius 1 is 0.525 bits per heavy atom. The number of fused-ring (bicyclic) bond motifs is 7. The van der Waals surface area contributed by atoms with E-state index in [-0.39, 0.29) is 17.5 Å². The molecular weight excluding hydrogens is 739 g/mol. The van der Waals surface area contributed by atoms with Crippen LogP contribution in [-0.2, 0) is 11.8 Å². The van der Waals surface area contributed by atoms with Gasteiger partial charge in [0, 0.05) is 16.5 Å². The molecule has 0 fully saturated rings. The zero-order valence-electron chi connectivity index (χ0n) is 34.8. The molecule has 0 N–H and O–H groups in total. The Kier molecular flexibility index (Phi) is 8.06. The van der Waals surface area contributed by atoms with Crippen LogP contribution in [0.5, 0.6) is 0 Å². The second-order valence-electron chi connectivity index (χ2n) is 17.8. The average Bonchev–Trinajstić information content (AvgIpc) is 3.85. The summed E-state index contributed by atoms with van der Waals surface area (Å²) in [5, 5.41) is 0. The summed E-state index contributed by atoms with van der Waals surface area (Å²) < 4.78 is 4.76. The number of rotatable bonds is 7. The molecule has 0 amide bonds. The standard InChI is InChI=1S/C58H46N3/c1-37(50-34-46-35-54-52(36-51(46)48-25-11-10-24-47(48)50)49-26-12-13-27-53(49)58(54,2)3)42-20-14-22-44(32-42)55-59-56(45-23-15-21-43(33-45)39-18-8-5-9-19-39)61-57(60(55)61)41-30-28-40(29-31-41)38-16-6-4-7-17-38/h4-33,35-37,50,57H,34H2,1-3H3/q+1. The van der Waals surface area contributed by atoms with Gasteiger partial charge in [-0.1, -0.05) is 185 Å². The molecule has 3 aliphatic rings. The van der Waals surface area contributed by atoms with Crippen molar-refractivity contribution in [3.63, 3.8) is 0 Å². The van der Waals surface area contributed by atoms with Crippen LogP contribution in [0.15, 0.2) is 194 Å². The molecule has 2 aliphatic carbocycles. The maximum Gasteiger partial charge on any atom is 0.354 e. The van der Waals surface area contributed by atoms with Crippen LogP contribution >= 0.6 is 0 Å². The SMILES string of the molecule is CC(c1cccc(-c2nc(-c3cccc(-c4ccccc4)c3)n3[n+]2C3c2ccc(-c3ccccc3)cc2)c1)C1Cc2cc3c(cc2-c2ccccc21)-c1ccccc1C3(C)C. The minimum Gasteiger partial charge on any atom is -0.119 e. The Bertz CT molecular complexity index is 3160. The number of hydrogen-bond donors (Lipinski definition) is 0. The normalized spacial score (nSPS) is 16.8. The Morgan fingerprint density at radius 2 is 1.15 bits per heavy atom. The summed E-state index contributed by atoms with van der Waals surface area (Å²) in [5.74, 6) is 2.61. The summed E-state index contributed by atoms with van der Waals surface area (Å²) in [6.45, 7) is 7.22. The Balaban J connectivity index is 0.924. The quantitative estimate of drug-likeness (QED) is 0.148. The molecule has 1 aromatic heterocycles. The van der Waals surface area contributed by atoms with E-state index in [4.69, 9.17) is 4.98 Å². The molecule has 0 bridgehead atoms. The summed E-state index contributed by atoms with van der Waals surface area (Å²) in [6, 6.07) is 71.6. The lowest BCUT2D eigenvalue weighted by molar-refractivity contribution is -0.602. The van der Waals surface area contributed by atoms with Crippen molar-refractivity contribution in [2.75, 3.05) is 0 Å². The summed E-state index contributed by atoms with van der Waals surface area (Å²) in [7, 11) is 0. The lowest BCUT2D eigenvalue weighted by Gasteiger charge is -2.33. The molecule has 2 heterocycles. The first-order valence-electron chi connectivity index (χ1n) is 21.7. The van der Waals surface area contributed by atoms with Crippen LogP contribution in [0, 0.1) is 0 Å². The molecule has 8 aromatic carbocycles. The summed E-state index contributed by atoms with van der Waals surface area (Å²) in [4.78, 5) is 5.46. The first kappa shape index (κ1) is 35.8. The van der Waals surface area contributed by atoms with Crippen LogP contribution < -0.4 is 4.68 Å². The Labute approximate surface area is 358 Å². The third-order valence-corrected chi connectivity index (χ3v) is 14.0. The van der Waals surface area contributed by atoms with E-state index < -0.39 is 0 Å². The second-order valence-corrected chi connectivity index (χ2v) is 17.8. The highest BCUT2D eigenvalue weighted by molar-refractivity contribution is 5.87. The maximum atomic E-state index is 5.46. The fourth-order valence-corrected chi connectivity index (χ4v) is 10.7. The third kappa shape index (κ3) is 5.71. The number of nitrogens with zero attached hydrogens (tertiary/aromatic N) is 3. The van der Waals surface area contributed by atoms with Gasteiger partial charge in [0.25, 0.3) is 12.0 Å². The van der Waals surface area contributed by atoms with Gasteiger partial charge in [-0.2, -0.15) is 0 Å². The van der Waals surface area contributed by atoms with E-state index in [0.717, 1.165) is 29.2 Å². The van der Waals surface area contributed by atoms with E-state index in [1.165, 1.54) is 77.9 Å². The average molecular weight is 785 g/mol. The van der Waals surface area contributed by atoms with E-state index >= 15 is 0 Å². The third-order valence-electron chi connectivity index (χ3n) is 14.0. The first-order chi connectivity index (χ1) is 29.9. The van der Waals surface area contributed by atoms with Crippen molar-refractivity contribution >= 4 is 0 Å². The van der Waals surface area contributed by atoms with Gasteiger partial charge in [-0.05, 0) is 126 Å². The summed E-state index contributed by atoms with van der Waals surface area (Å²) in [6.07, 6.45) is 1.07. The van der Waals surface area contributed by atoms with Crippen molar-refractivity contribution in [3.8, 4) is 67.3 Å². The van der Waals surface area contributed by atoms with Crippen LogP contribution in [-0.4, -0.2) is 9.67 Å². The van der Waals surface area contributed by atoms with Crippen LogP contribution in [0.2, 0.25) is 0 Å². The highest BCUT2D eigenvalue weighted by Crippen LogP contribution is 2.54. The molecule has 3 unspecified atom stereocenters. The first-order valence-corrected chi connectivity index (χ1v) is 21.7. The summed E-state index contributed by atoms with van der Waals surface area (Å²) >= 11 is 0. The number of benzene rings is 8. The molecule has 9 aromatic rings. The van der Waals surface area contributed by atoms with E-state index in [9.17, 15) is 0 Å². The number of hydrogen-bond acceptors (Lipinski definition) is 1. The molecule has 1 aliphatic heterocycles. The lowest BCUT2D eigenvalue weighted by atomic mass is 9.70. The van der Waals surface area contributed by atoms with Gasteiger partial charge in [-0.3, -0.25) is 0 Å². The molecule has 3 atom stereocenters. The van der Waals surface area contributed by atoms with E-state index in [1.54, 1.807) is 0 Å². The Morgan fingerprint density at radius 3 is 1.93 bits per heavy atom. The van der Waals surface area contributed by atoms with Crippen molar-refractivity contribution in [2.45, 2.75) is 50.6 Å². The fourth-order valence-electron chi connectivity index (χ4n) is 10.7. The molecule has 0 radical (unpaired) electrons. The monoisotopic (exact) mass is 784 g/mol. The molecule has 0 spiro atoms. The van der Waals surface area contributed by atoms with Crippen molar-refractivity contribution in [1.82, 2.24) is 9.67 Å². The Hall–Kier alpha value is -7.10. The zero-order valence-corrected chi connectivity index (χ0v) is 34.8. The molecular formula is C58H46N3+. The smallest absolute Gasteiger partial charge is 0.119 e. The van der Waals surface area contributed by atoms with Gasteiger partial charge < -0.3 is 0 Å². The second kappa shape index (κ2) is 13.7. The van der Waals surface area contributed by atoms with E-state index in [0.29, 0.717) is 5.92 Å². The van der Waals surface area contributed by atoms with Crippen molar-refractivity contribution in [3.05, 3.63) is 228 Å². The van der Waals surface area contributed by atoms with Gasteiger partial charge in [-0.25, -0.2) is 0 Å². The predicted molar refractivity (Wildman–Crippen MR) is 248 cm³/mol. The van der Waals surface area contributed by atoms with Crippen molar-refractivity contribution in [2.24, 2.45) is 0 Å². The topological polar surface area (TPSA) is 21.7 Å². The summed E-state index contributed by atoms with van der Waals surface area (Å²) in [5.41, 5.74) is 21.0. The van der Waals surface area contributed by atoms with Crippen LogP contribution in [0.4, 0.5) is 0 Å². The molecule has 3 nitrogen and oxygen atoms in total. The molecule has 61 heavy (non-hydrogen) atoms. The molecule has 3 heteroatoms. The predicted octanol–water partition coefficient (Wildman–Crippen LogP) is 13.7. The van der Waals surface area contributed by atoms with E-state index in [2.05, 4.69) is 224 Å². The molecule has 0 saturated carbocycles. The van der Waals surface area contributed by atoms with Crippen LogP contribution in [0.1, 0.15) is 72.2 Å². The highest BCUT2D eigenvalue weighted by atomic mass is 15.7. The lowest BCUT2D eigenvalue weighted by Crippen LogP contribution is -2.20. The van der Waals surface area contributed by atoms with Gasteiger partial charge in [0.2, 0.25) is 0 Å². The maximum absolute atomic E-state index is 5.46. The van der Waals surface area contributed by atoms with Crippen molar-refractivity contribution < 1.29 is 4.68 Å². The number of aromatic nitrogens is 3. The van der Waals surface area contributed by atoms with Crippen LogP contribution in [0.3, 0.4) is 0 Å². The largest absolute Gasteiger partial charge is 0.354 e. The van der Waals surface area contributed by atoms with Gasteiger partial charge in [-0.15, -0.1) is 9.36 Å². The van der Waals surface area contributed by atoms with Gasteiger partial charge >= 0.3 is 5.82 Å². The van der Waals surface area contributed by atoms with Gasteiger partial charge in [0.05, 0.1) is 5.56 Å². The minimum atomic E-state index is -0.0259. The zero-order chi connectivity index (χ0) is 40.8.